The zero-order valence-electron chi connectivity index (χ0n) is 13.7. The van der Waals surface area contributed by atoms with E-state index in [0.717, 1.165) is 24.0 Å². The van der Waals surface area contributed by atoms with Crippen LogP contribution in [0.25, 0.3) is 11.8 Å². The van der Waals surface area contributed by atoms with Crippen LogP contribution in [0.2, 0.25) is 0 Å². The summed E-state index contributed by atoms with van der Waals surface area (Å²) in [4.78, 5) is 12.1. The number of aromatic hydroxyl groups is 3. The molecule has 1 heterocycles. The zero-order valence-corrected chi connectivity index (χ0v) is 13.7. The first-order chi connectivity index (χ1) is 12.0. The first-order valence-electron chi connectivity index (χ1n) is 7.97. The number of phenols is 3. The van der Waals surface area contributed by atoms with Gasteiger partial charge in [-0.05, 0) is 60.0 Å². The molecule has 3 rings (SSSR count). The molecule has 0 atom stereocenters. The highest BCUT2D eigenvalue weighted by Gasteiger charge is 2.22. The predicted molar refractivity (Wildman–Crippen MR) is 93.9 cm³/mol. The van der Waals surface area contributed by atoms with Crippen LogP contribution >= 0.6 is 0 Å². The van der Waals surface area contributed by atoms with Crippen LogP contribution in [0, 0.1) is 0 Å². The van der Waals surface area contributed by atoms with Gasteiger partial charge < -0.3 is 20.1 Å². The lowest BCUT2D eigenvalue weighted by Gasteiger charge is -2.04. The van der Waals surface area contributed by atoms with E-state index in [9.17, 15) is 20.1 Å². The Hall–Kier alpha value is -3.21. The second-order valence-electron chi connectivity index (χ2n) is 5.84. The number of ether oxygens (including phenoxy) is 1. The lowest BCUT2D eigenvalue weighted by molar-refractivity contribution is -0.130. The average molecular weight is 338 g/mol. The molecule has 0 saturated carbocycles. The molecule has 25 heavy (non-hydrogen) atoms. The third kappa shape index (κ3) is 3.50. The molecular formula is C20H18O5. The molecule has 0 aromatic heterocycles. The number of benzene rings is 2. The Balaban J connectivity index is 1.93. The first kappa shape index (κ1) is 16.6. The van der Waals surface area contributed by atoms with E-state index in [4.69, 9.17) is 4.74 Å². The van der Waals surface area contributed by atoms with Crippen LogP contribution in [0.1, 0.15) is 30.0 Å². The van der Waals surface area contributed by atoms with Crippen molar-refractivity contribution in [3.05, 3.63) is 64.7 Å². The highest BCUT2D eigenvalue weighted by molar-refractivity contribution is 6.05. The van der Waals surface area contributed by atoms with E-state index in [2.05, 4.69) is 0 Å². The van der Waals surface area contributed by atoms with Crippen LogP contribution in [-0.4, -0.2) is 21.3 Å². The molecule has 2 aromatic rings. The second kappa shape index (κ2) is 6.73. The van der Waals surface area contributed by atoms with E-state index in [1.165, 1.54) is 12.1 Å². The fourth-order valence-electron chi connectivity index (χ4n) is 2.65. The van der Waals surface area contributed by atoms with Crippen LogP contribution in [0.15, 0.2) is 48.0 Å². The maximum Gasteiger partial charge on any atom is 0.343 e. The topological polar surface area (TPSA) is 87.0 Å². The predicted octanol–water partition coefficient (Wildman–Crippen LogP) is 3.74. The number of phenolic OH excluding ortho intramolecular Hbond substituents is 3. The summed E-state index contributed by atoms with van der Waals surface area (Å²) in [5, 5.41) is 28.8. The minimum absolute atomic E-state index is 0.239. The van der Waals surface area contributed by atoms with E-state index in [-0.39, 0.29) is 17.2 Å². The molecule has 3 N–H and O–H groups in total. The third-order valence-electron chi connectivity index (χ3n) is 3.93. The van der Waals surface area contributed by atoms with Gasteiger partial charge in [0.05, 0.1) is 5.57 Å². The van der Waals surface area contributed by atoms with Crippen molar-refractivity contribution in [3.8, 4) is 17.2 Å². The van der Waals surface area contributed by atoms with E-state index < -0.39 is 5.97 Å². The summed E-state index contributed by atoms with van der Waals surface area (Å²) < 4.78 is 5.24. The first-order valence-corrected chi connectivity index (χ1v) is 7.97. The Bertz CT molecular complexity index is 893. The van der Waals surface area contributed by atoms with Gasteiger partial charge in [0.2, 0.25) is 0 Å². The van der Waals surface area contributed by atoms with Crippen molar-refractivity contribution < 1.29 is 24.9 Å². The van der Waals surface area contributed by atoms with Crippen molar-refractivity contribution >= 4 is 17.8 Å². The fourth-order valence-corrected chi connectivity index (χ4v) is 2.65. The molecule has 5 heteroatoms. The SMILES string of the molecule is CCCc1cc(/C=C2\C=C(c3ccc(O)c(O)c3)OC2=O)ccc1O. The monoisotopic (exact) mass is 338 g/mol. The molecular weight excluding hydrogens is 320 g/mol. The Morgan fingerprint density at radius 2 is 1.76 bits per heavy atom. The summed E-state index contributed by atoms with van der Waals surface area (Å²) in [5.74, 6) is -0.466. The number of carbonyl (C=O) groups excluding carboxylic acids is 1. The van der Waals surface area contributed by atoms with Crippen molar-refractivity contribution in [2.75, 3.05) is 0 Å². The maximum atomic E-state index is 12.1. The molecule has 0 radical (unpaired) electrons. The smallest absolute Gasteiger partial charge is 0.343 e. The maximum absolute atomic E-state index is 12.1. The van der Waals surface area contributed by atoms with Gasteiger partial charge in [0, 0.05) is 5.56 Å². The van der Waals surface area contributed by atoms with Crippen LogP contribution in [-0.2, 0) is 16.0 Å². The molecule has 0 aliphatic carbocycles. The third-order valence-corrected chi connectivity index (χ3v) is 3.93. The fraction of sp³-hybridized carbons (Fsp3) is 0.150. The van der Waals surface area contributed by atoms with E-state index in [1.807, 2.05) is 13.0 Å². The molecule has 1 aliphatic rings. The molecule has 5 nitrogen and oxygen atoms in total. The molecule has 0 saturated heterocycles. The lowest BCUT2D eigenvalue weighted by Crippen LogP contribution is -1.97. The van der Waals surface area contributed by atoms with Crippen molar-refractivity contribution in [1.82, 2.24) is 0 Å². The number of hydrogen-bond donors (Lipinski definition) is 3. The van der Waals surface area contributed by atoms with Gasteiger partial charge in [-0.3, -0.25) is 0 Å². The summed E-state index contributed by atoms with van der Waals surface area (Å²) in [6.45, 7) is 2.03. The highest BCUT2D eigenvalue weighted by Crippen LogP contribution is 2.33. The van der Waals surface area contributed by atoms with Crippen LogP contribution in [0.5, 0.6) is 17.2 Å². The summed E-state index contributed by atoms with van der Waals surface area (Å²) in [6.07, 6.45) is 4.93. The Morgan fingerprint density at radius 1 is 1.00 bits per heavy atom. The Labute approximate surface area is 145 Å². The minimum Gasteiger partial charge on any atom is -0.508 e. The quantitative estimate of drug-likeness (QED) is 0.449. The Kier molecular flexibility index (Phi) is 4.48. The molecule has 0 bridgehead atoms. The molecule has 0 amide bonds. The Morgan fingerprint density at radius 3 is 2.48 bits per heavy atom. The van der Waals surface area contributed by atoms with Gasteiger partial charge in [-0.1, -0.05) is 19.4 Å². The minimum atomic E-state index is -0.493. The number of carbonyl (C=O) groups is 1. The molecule has 0 unspecified atom stereocenters. The largest absolute Gasteiger partial charge is 0.508 e. The number of rotatable bonds is 4. The second-order valence-corrected chi connectivity index (χ2v) is 5.84. The molecule has 128 valence electrons. The number of aryl methyl sites for hydroxylation is 1. The lowest BCUT2D eigenvalue weighted by atomic mass is 10.0. The van der Waals surface area contributed by atoms with Gasteiger partial charge in [0.25, 0.3) is 0 Å². The number of cyclic esters (lactones) is 1. The normalized spacial score (nSPS) is 15.3. The number of hydrogen-bond acceptors (Lipinski definition) is 5. The molecule has 0 spiro atoms. The van der Waals surface area contributed by atoms with Crippen LogP contribution < -0.4 is 0 Å². The van der Waals surface area contributed by atoms with Gasteiger partial charge in [0.15, 0.2) is 11.5 Å². The van der Waals surface area contributed by atoms with Gasteiger partial charge in [0.1, 0.15) is 11.5 Å². The van der Waals surface area contributed by atoms with Gasteiger partial charge in [-0.2, -0.15) is 0 Å². The molecule has 0 fully saturated rings. The highest BCUT2D eigenvalue weighted by atomic mass is 16.5. The van der Waals surface area contributed by atoms with Gasteiger partial charge >= 0.3 is 5.97 Å². The molecule has 2 aromatic carbocycles. The standard InChI is InChI=1S/C20H18O5/c1-2-3-13-8-12(4-6-16(13)21)9-15-11-19(25-20(15)24)14-5-7-17(22)18(23)10-14/h4-11,21-23H,2-3H2,1H3/b15-9+. The average Bonchev–Trinajstić information content (AvgIpc) is 2.94. The van der Waals surface area contributed by atoms with E-state index in [1.54, 1.807) is 30.4 Å². The van der Waals surface area contributed by atoms with Crippen LogP contribution in [0.3, 0.4) is 0 Å². The number of esters is 1. The zero-order chi connectivity index (χ0) is 18.0. The van der Waals surface area contributed by atoms with Gasteiger partial charge in [-0.25, -0.2) is 4.79 Å². The van der Waals surface area contributed by atoms with Crippen molar-refractivity contribution in [3.63, 3.8) is 0 Å². The molecule has 1 aliphatic heterocycles. The van der Waals surface area contributed by atoms with Gasteiger partial charge in [-0.15, -0.1) is 0 Å². The summed E-state index contributed by atoms with van der Waals surface area (Å²) in [5.41, 5.74) is 2.48. The summed E-state index contributed by atoms with van der Waals surface area (Å²) in [6, 6.07) is 9.40. The van der Waals surface area contributed by atoms with Crippen molar-refractivity contribution in [2.45, 2.75) is 19.8 Å². The van der Waals surface area contributed by atoms with Crippen molar-refractivity contribution in [2.24, 2.45) is 0 Å². The summed E-state index contributed by atoms with van der Waals surface area (Å²) in [7, 11) is 0. The van der Waals surface area contributed by atoms with E-state index >= 15 is 0 Å². The summed E-state index contributed by atoms with van der Waals surface area (Å²) >= 11 is 0. The van der Waals surface area contributed by atoms with Crippen LogP contribution in [0.4, 0.5) is 0 Å². The van der Waals surface area contributed by atoms with E-state index in [0.29, 0.717) is 16.9 Å². The van der Waals surface area contributed by atoms with Crippen molar-refractivity contribution in [1.29, 1.82) is 0 Å².